The van der Waals surface area contributed by atoms with E-state index in [1.807, 2.05) is 12.1 Å². The Morgan fingerprint density at radius 2 is 2.00 bits per heavy atom. The fourth-order valence-corrected chi connectivity index (χ4v) is 1.90. The third kappa shape index (κ3) is 3.77. The third-order valence-corrected chi connectivity index (χ3v) is 3.00. The van der Waals surface area contributed by atoms with Crippen molar-refractivity contribution in [1.82, 2.24) is 5.43 Å². The molecule has 1 amide bonds. The van der Waals surface area contributed by atoms with Gasteiger partial charge >= 0.3 is 0 Å². The second-order valence-electron chi connectivity index (χ2n) is 3.94. The highest BCUT2D eigenvalue weighted by molar-refractivity contribution is 9.10. The van der Waals surface area contributed by atoms with Crippen LogP contribution in [0.3, 0.4) is 0 Å². The van der Waals surface area contributed by atoms with Gasteiger partial charge in [-0.05, 0) is 35.9 Å². The fraction of sp³-hybridized carbons (Fsp3) is 0. The zero-order valence-corrected chi connectivity index (χ0v) is 12.0. The normalized spacial score (nSPS) is 10.2. The van der Waals surface area contributed by atoms with Crippen molar-refractivity contribution in [3.63, 3.8) is 0 Å². The molecule has 0 aliphatic rings. The van der Waals surface area contributed by atoms with Crippen molar-refractivity contribution < 1.29 is 4.79 Å². The van der Waals surface area contributed by atoms with Crippen molar-refractivity contribution in [3.8, 4) is 6.07 Å². The topological polar surface area (TPSA) is 65.2 Å². The lowest BCUT2D eigenvalue weighted by Crippen LogP contribution is -2.17. The molecule has 0 fully saturated rings. The number of hydrogen-bond acceptors (Lipinski definition) is 3. The molecule has 0 saturated heterocycles. The predicted molar refractivity (Wildman–Crippen MR) is 80.4 cm³/mol. The SMILES string of the molecule is N#Cc1ccc(C=NNC(=O)c2cccc(Br)c2)cc1. The molecule has 0 spiro atoms. The largest absolute Gasteiger partial charge is 0.271 e. The Morgan fingerprint density at radius 1 is 1.25 bits per heavy atom. The fourth-order valence-electron chi connectivity index (χ4n) is 1.50. The summed E-state index contributed by atoms with van der Waals surface area (Å²) in [6.07, 6.45) is 1.52. The molecule has 1 N–H and O–H groups in total. The summed E-state index contributed by atoms with van der Waals surface area (Å²) in [6.45, 7) is 0. The highest BCUT2D eigenvalue weighted by Gasteiger charge is 2.03. The zero-order valence-electron chi connectivity index (χ0n) is 10.4. The van der Waals surface area contributed by atoms with Gasteiger partial charge in [-0.1, -0.05) is 34.1 Å². The summed E-state index contributed by atoms with van der Waals surface area (Å²) in [5.41, 5.74) is 4.36. The molecule has 2 rings (SSSR count). The van der Waals surface area contributed by atoms with E-state index in [1.54, 1.807) is 42.5 Å². The molecule has 0 aliphatic heterocycles. The molecule has 20 heavy (non-hydrogen) atoms. The van der Waals surface area contributed by atoms with Crippen LogP contribution in [0.25, 0.3) is 0 Å². The van der Waals surface area contributed by atoms with Crippen molar-refractivity contribution in [3.05, 3.63) is 69.7 Å². The Bertz CT molecular complexity index is 687. The maximum absolute atomic E-state index is 11.8. The molecule has 5 heteroatoms. The molecule has 2 aromatic rings. The van der Waals surface area contributed by atoms with Crippen LogP contribution in [0.15, 0.2) is 58.1 Å². The van der Waals surface area contributed by atoms with E-state index in [-0.39, 0.29) is 5.91 Å². The van der Waals surface area contributed by atoms with Crippen LogP contribution in [-0.4, -0.2) is 12.1 Å². The van der Waals surface area contributed by atoms with Gasteiger partial charge in [-0.3, -0.25) is 4.79 Å². The third-order valence-electron chi connectivity index (χ3n) is 2.51. The van der Waals surface area contributed by atoms with Crippen LogP contribution in [0.5, 0.6) is 0 Å². The number of hydrogen-bond donors (Lipinski definition) is 1. The maximum atomic E-state index is 11.8. The Morgan fingerprint density at radius 3 is 2.65 bits per heavy atom. The summed E-state index contributed by atoms with van der Waals surface area (Å²) in [7, 11) is 0. The lowest BCUT2D eigenvalue weighted by atomic mass is 10.2. The molecule has 0 aliphatic carbocycles. The van der Waals surface area contributed by atoms with Gasteiger partial charge in [-0.15, -0.1) is 0 Å². The van der Waals surface area contributed by atoms with E-state index in [2.05, 4.69) is 26.5 Å². The number of nitrogens with zero attached hydrogens (tertiary/aromatic N) is 2. The van der Waals surface area contributed by atoms with Crippen LogP contribution < -0.4 is 5.43 Å². The van der Waals surface area contributed by atoms with Crippen LogP contribution in [0, 0.1) is 11.3 Å². The first kappa shape index (κ1) is 14.0. The Kier molecular flexibility index (Phi) is 4.64. The highest BCUT2D eigenvalue weighted by Crippen LogP contribution is 2.11. The first-order valence-electron chi connectivity index (χ1n) is 5.78. The number of halogens is 1. The number of hydrazone groups is 1. The quantitative estimate of drug-likeness (QED) is 0.695. The molecule has 0 bridgehead atoms. The Labute approximate surface area is 124 Å². The molecule has 98 valence electrons. The van der Waals surface area contributed by atoms with Crippen molar-refractivity contribution in [2.24, 2.45) is 5.10 Å². The van der Waals surface area contributed by atoms with Crippen molar-refractivity contribution >= 4 is 28.1 Å². The summed E-state index contributed by atoms with van der Waals surface area (Å²) >= 11 is 3.30. The highest BCUT2D eigenvalue weighted by atomic mass is 79.9. The van der Waals surface area contributed by atoms with Crippen molar-refractivity contribution in [2.45, 2.75) is 0 Å². The van der Waals surface area contributed by atoms with Gasteiger partial charge in [0.2, 0.25) is 0 Å². The number of rotatable bonds is 3. The van der Waals surface area contributed by atoms with E-state index in [0.29, 0.717) is 11.1 Å². The average Bonchev–Trinajstić information content (AvgIpc) is 2.48. The van der Waals surface area contributed by atoms with Gasteiger partial charge in [0, 0.05) is 10.0 Å². The van der Waals surface area contributed by atoms with Gasteiger partial charge in [0.25, 0.3) is 5.91 Å². The Balaban J connectivity index is 1.99. The van der Waals surface area contributed by atoms with E-state index in [9.17, 15) is 4.79 Å². The minimum Gasteiger partial charge on any atom is -0.267 e. The van der Waals surface area contributed by atoms with Crippen LogP contribution in [0.1, 0.15) is 21.5 Å². The van der Waals surface area contributed by atoms with Gasteiger partial charge in [0.1, 0.15) is 0 Å². The molecule has 0 saturated carbocycles. The molecule has 0 aromatic heterocycles. The van der Waals surface area contributed by atoms with E-state index < -0.39 is 0 Å². The predicted octanol–water partition coefficient (Wildman–Crippen LogP) is 3.08. The number of benzene rings is 2. The molecule has 0 atom stereocenters. The van der Waals surface area contributed by atoms with Crippen molar-refractivity contribution in [2.75, 3.05) is 0 Å². The van der Waals surface area contributed by atoms with Crippen LogP contribution in [0.4, 0.5) is 0 Å². The number of carbonyl (C=O) groups excluding carboxylic acids is 1. The van der Waals surface area contributed by atoms with Crippen molar-refractivity contribution in [1.29, 1.82) is 5.26 Å². The maximum Gasteiger partial charge on any atom is 0.271 e. The number of carbonyl (C=O) groups is 1. The molecule has 0 radical (unpaired) electrons. The van der Waals surface area contributed by atoms with Crippen LogP contribution in [0.2, 0.25) is 0 Å². The van der Waals surface area contributed by atoms with E-state index >= 15 is 0 Å². The van der Waals surface area contributed by atoms with Gasteiger partial charge in [0.05, 0.1) is 17.8 Å². The van der Waals surface area contributed by atoms with Crippen LogP contribution in [-0.2, 0) is 0 Å². The summed E-state index contributed by atoms with van der Waals surface area (Å²) in [5.74, 6) is -0.281. The smallest absolute Gasteiger partial charge is 0.267 e. The second-order valence-corrected chi connectivity index (χ2v) is 4.86. The molecule has 4 nitrogen and oxygen atoms in total. The summed E-state index contributed by atoms with van der Waals surface area (Å²) < 4.78 is 0.834. The standard InChI is InChI=1S/C15H10BrN3O/c16-14-3-1-2-13(8-14)15(20)19-18-10-12-6-4-11(9-17)5-7-12/h1-8,10H,(H,19,20). The number of nitrogens with one attached hydrogen (secondary N) is 1. The number of nitriles is 1. The molecule has 0 unspecified atom stereocenters. The van der Waals surface area contributed by atoms with E-state index in [0.717, 1.165) is 10.0 Å². The number of amides is 1. The van der Waals surface area contributed by atoms with E-state index in [1.165, 1.54) is 6.21 Å². The van der Waals surface area contributed by atoms with Gasteiger partial charge in [-0.25, -0.2) is 5.43 Å². The first-order chi connectivity index (χ1) is 9.69. The average molecular weight is 328 g/mol. The zero-order chi connectivity index (χ0) is 14.4. The van der Waals surface area contributed by atoms with Gasteiger partial charge in [0.15, 0.2) is 0 Å². The molecule has 2 aromatic carbocycles. The minimum absolute atomic E-state index is 0.281. The van der Waals surface area contributed by atoms with Gasteiger partial charge < -0.3 is 0 Å². The minimum atomic E-state index is -0.281. The summed E-state index contributed by atoms with van der Waals surface area (Å²) in [5, 5.41) is 12.6. The monoisotopic (exact) mass is 327 g/mol. The first-order valence-corrected chi connectivity index (χ1v) is 6.57. The van der Waals surface area contributed by atoms with Crippen LogP contribution >= 0.6 is 15.9 Å². The van der Waals surface area contributed by atoms with Gasteiger partial charge in [-0.2, -0.15) is 10.4 Å². The Hall–Kier alpha value is -2.45. The lowest BCUT2D eigenvalue weighted by molar-refractivity contribution is 0.0955. The van der Waals surface area contributed by atoms with E-state index in [4.69, 9.17) is 5.26 Å². The lowest BCUT2D eigenvalue weighted by Gasteiger charge is -2.00. The molecular formula is C15H10BrN3O. The second kappa shape index (κ2) is 6.64. The summed E-state index contributed by atoms with van der Waals surface area (Å²) in [6, 6.07) is 16.0. The molecular weight excluding hydrogens is 318 g/mol. The molecule has 0 heterocycles. The summed E-state index contributed by atoms with van der Waals surface area (Å²) in [4.78, 5) is 11.8.